The van der Waals surface area contributed by atoms with Gasteiger partial charge in [-0.2, -0.15) is 4.98 Å². The van der Waals surface area contributed by atoms with Crippen LogP contribution < -0.4 is 14.8 Å². The van der Waals surface area contributed by atoms with Crippen molar-refractivity contribution in [2.75, 3.05) is 19.5 Å². The number of hydrogen-bond donors (Lipinski definition) is 1. The Bertz CT molecular complexity index is 554. The minimum Gasteiger partial charge on any atom is -0.497 e. The summed E-state index contributed by atoms with van der Waals surface area (Å²) in [5.41, 5.74) is 0.839. The molecule has 0 radical (unpaired) electrons. The molecule has 1 atom stereocenters. The van der Waals surface area contributed by atoms with Crippen molar-refractivity contribution in [2.45, 2.75) is 19.9 Å². The third-order valence-electron chi connectivity index (χ3n) is 2.69. The van der Waals surface area contributed by atoms with Gasteiger partial charge in [-0.25, -0.2) is 0 Å². The number of hydrogen-bond acceptors (Lipinski definition) is 6. The molecule has 0 spiro atoms. The molecule has 0 amide bonds. The van der Waals surface area contributed by atoms with E-state index < -0.39 is 0 Å². The highest BCUT2D eigenvalue weighted by molar-refractivity contribution is 5.59. The van der Waals surface area contributed by atoms with Crippen molar-refractivity contribution >= 4 is 5.69 Å². The number of aromatic nitrogens is 2. The van der Waals surface area contributed by atoms with Crippen LogP contribution in [-0.4, -0.2) is 24.4 Å². The number of ether oxygens (including phenoxy) is 2. The van der Waals surface area contributed by atoms with Crippen LogP contribution >= 0.6 is 0 Å². The Kier molecular flexibility index (Phi) is 3.89. The molecule has 1 unspecified atom stereocenters. The lowest BCUT2D eigenvalue weighted by molar-refractivity contribution is 0.363. The normalized spacial score (nSPS) is 12.0. The van der Waals surface area contributed by atoms with E-state index in [2.05, 4.69) is 15.5 Å². The van der Waals surface area contributed by atoms with Crippen molar-refractivity contribution in [3.8, 4) is 11.5 Å². The number of benzene rings is 1. The standard InChI is InChI=1S/C13H17N3O3/c1-8(13-15-9(2)16-19-13)14-11-6-5-10(17-3)7-12(11)18-4/h5-8,14H,1-4H3. The van der Waals surface area contributed by atoms with Gasteiger partial charge in [0.05, 0.1) is 19.9 Å². The van der Waals surface area contributed by atoms with Crippen LogP contribution in [0.1, 0.15) is 24.7 Å². The van der Waals surface area contributed by atoms with Gasteiger partial charge in [0.2, 0.25) is 5.89 Å². The summed E-state index contributed by atoms with van der Waals surface area (Å²) in [6.07, 6.45) is 0. The van der Waals surface area contributed by atoms with E-state index in [1.807, 2.05) is 25.1 Å². The molecule has 0 saturated carbocycles. The van der Waals surface area contributed by atoms with Gasteiger partial charge in [0.15, 0.2) is 5.82 Å². The summed E-state index contributed by atoms with van der Waals surface area (Å²) in [6.45, 7) is 3.73. The largest absolute Gasteiger partial charge is 0.497 e. The molecule has 0 aliphatic rings. The summed E-state index contributed by atoms with van der Waals surface area (Å²) >= 11 is 0. The zero-order chi connectivity index (χ0) is 13.8. The summed E-state index contributed by atoms with van der Waals surface area (Å²) < 4.78 is 15.6. The van der Waals surface area contributed by atoms with E-state index in [0.29, 0.717) is 17.5 Å². The fraction of sp³-hybridized carbons (Fsp3) is 0.385. The first-order valence-corrected chi connectivity index (χ1v) is 5.92. The number of nitrogens with one attached hydrogen (secondary N) is 1. The van der Waals surface area contributed by atoms with Gasteiger partial charge in [-0.05, 0) is 26.0 Å². The molecular weight excluding hydrogens is 246 g/mol. The maximum absolute atomic E-state index is 5.32. The maximum atomic E-state index is 5.32. The van der Waals surface area contributed by atoms with Gasteiger partial charge in [0, 0.05) is 6.07 Å². The van der Waals surface area contributed by atoms with E-state index in [-0.39, 0.29) is 6.04 Å². The number of nitrogens with zero attached hydrogens (tertiary/aromatic N) is 2. The van der Waals surface area contributed by atoms with E-state index in [9.17, 15) is 0 Å². The predicted octanol–water partition coefficient (Wildman–Crippen LogP) is 2.57. The topological polar surface area (TPSA) is 69.4 Å². The second-order valence-corrected chi connectivity index (χ2v) is 4.11. The molecule has 6 nitrogen and oxygen atoms in total. The quantitative estimate of drug-likeness (QED) is 0.894. The summed E-state index contributed by atoms with van der Waals surface area (Å²) in [4.78, 5) is 4.19. The second kappa shape index (κ2) is 5.60. The molecule has 1 N–H and O–H groups in total. The summed E-state index contributed by atoms with van der Waals surface area (Å²) in [7, 11) is 3.23. The molecule has 0 aliphatic carbocycles. The minimum absolute atomic E-state index is 0.108. The lowest BCUT2D eigenvalue weighted by atomic mass is 10.2. The molecule has 0 saturated heterocycles. The molecule has 6 heteroatoms. The van der Waals surface area contributed by atoms with Crippen molar-refractivity contribution in [2.24, 2.45) is 0 Å². The Morgan fingerprint density at radius 1 is 1.26 bits per heavy atom. The Morgan fingerprint density at radius 2 is 2.05 bits per heavy atom. The minimum atomic E-state index is -0.108. The van der Waals surface area contributed by atoms with Crippen molar-refractivity contribution in [3.05, 3.63) is 29.9 Å². The Balaban J connectivity index is 2.18. The van der Waals surface area contributed by atoms with Crippen molar-refractivity contribution in [3.63, 3.8) is 0 Å². The highest BCUT2D eigenvalue weighted by Crippen LogP contribution is 2.31. The monoisotopic (exact) mass is 263 g/mol. The number of rotatable bonds is 5. The van der Waals surface area contributed by atoms with Crippen molar-refractivity contribution < 1.29 is 14.0 Å². The molecular formula is C13H17N3O3. The van der Waals surface area contributed by atoms with Crippen molar-refractivity contribution in [1.82, 2.24) is 10.1 Å². The fourth-order valence-corrected chi connectivity index (χ4v) is 1.70. The van der Waals surface area contributed by atoms with Crippen LogP contribution in [0, 0.1) is 6.92 Å². The summed E-state index contributed by atoms with van der Waals surface area (Å²) in [5, 5.41) is 7.04. The molecule has 1 aromatic heterocycles. The SMILES string of the molecule is COc1ccc(NC(C)c2nc(C)no2)c(OC)c1. The zero-order valence-corrected chi connectivity index (χ0v) is 11.4. The molecule has 0 bridgehead atoms. The third-order valence-corrected chi connectivity index (χ3v) is 2.69. The van der Waals surface area contributed by atoms with Crippen LogP contribution in [0.2, 0.25) is 0 Å². The van der Waals surface area contributed by atoms with Crippen LogP contribution in [-0.2, 0) is 0 Å². The average Bonchev–Trinajstić information content (AvgIpc) is 2.86. The molecule has 19 heavy (non-hydrogen) atoms. The molecule has 102 valence electrons. The van der Waals surface area contributed by atoms with Gasteiger partial charge in [-0.3, -0.25) is 0 Å². The van der Waals surface area contributed by atoms with Gasteiger partial charge in [0.25, 0.3) is 0 Å². The zero-order valence-electron chi connectivity index (χ0n) is 11.4. The highest BCUT2D eigenvalue weighted by Gasteiger charge is 2.15. The molecule has 0 aliphatic heterocycles. The molecule has 2 aromatic rings. The van der Waals surface area contributed by atoms with Crippen LogP contribution in [0.5, 0.6) is 11.5 Å². The fourth-order valence-electron chi connectivity index (χ4n) is 1.70. The van der Waals surface area contributed by atoms with E-state index >= 15 is 0 Å². The molecule has 1 aromatic carbocycles. The van der Waals surface area contributed by atoms with Gasteiger partial charge in [-0.1, -0.05) is 5.16 Å². The first-order chi connectivity index (χ1) is 9.13. The Hall–Kier alpha value is -2.24. The van der Waals surface area contributed by atoms with E-state index in [1.54, 1.807) is 21.1 Å². The first kappa shape index (κ1) is 13.2. The lowest BCUT2D eigenvalue weighted by Gasteiger charge is -2.15. The number of anilines is 1. The van der Waals surface area contributed by atoms with Gasteiger partial charge >= 0.3 is 0 Å². The van der Waals surface area contributed by atoms with Crippen LogP contribution in [0.4, 0.5) is 5.69 Å². The summed E-state index contributed by atoms with van der Waals surface area (Å²) in [5.74, 6) is 2.59. The van der Waals surface area contributed by atoms with Crippen LogP contribution in [0.25, 0.3) is 0 Å². The molecule has 1 heterocycles. The maximum Gasteiger partial charge on any atom is 0.248 e. The molecule has 2 rings (SSSR count). The molecule has 0 fully saturated rings. The van der Waals surface area contributed by atoms with Crippen molar-refractivity contribution in [1.29, 1.82) is 0 Å². The Morgan fingerprint density at radius 3 is 2.63 bits per heavy atom. The van der Waals surface area contributed by atoms with Crippen LogP contribution in [0.3, 0.4) is 0 Å². The predicted molar refractivity (Wildman–Crippen MR) is 70.6 cm³/mol. The van der Waals surface area contributed by atoms with E-state index in [0.717, 1.165) is 11.4 Å². The smallest absolute Gasteiger partial charge is 0.248 e. The number of aryl methyl sites for hydroxylation is 1. The van der Waals surface area contributed by atoms with Gasteiger partial charge in [-0.15, -0.1) is 0 Å². The Labute approximate surface area is 111 Å². The highest BCUT2D eigenvalue weighted by atomic mass is 16.5. The number of methoxy groups -OCH3 is 2. The third kappa shape index (κ3) is 2.96. The average molecular weight is 263 g/mol. The lowest BCUT2D eigenvalue weighted by Crippen LogP contribution is -2.08. The van der Waals surface area contributed by atoms with Gasteiger partial charge < -0.3 is 19.3 Å². The first-order valence-electron chi connectivity index (χ1n) is 5.92. The second-order valence-electron chi connectivity index (χ2n) is 4.11. The van der Waals surface area contributed by atoms with Gasteiger partial charge in [0.1, 0.15) is 17.5 Å². The summed E-state index contributed by atoms with van der Waals surface area (Å²) in [6, 6.07) is 5.45. The van der Waals surface area contributed by atoms with E-state index in [4.69, 9.17) is 14.0 Å². The van der Waals surface area contributed by atoms with E-state index in [1.165, 1.54) is 0 Å². The van der Waals surface area contributed by atoms with Crippen LogP contribution in [0.15, 0.2) is 22.7 Å².